The first-order valence-electron chi connectivity index (χ1n) is 8.33. The van der Waals surface area contributed by atoms with Gasteiger partial charge in [-0.05, 0) is 26.0 Å². The zero-order chi connectivity index (χ0) is 17.5. The largest absolute Gasteiger partial charge is 1.00 e. The van der Waals surface area contributed by atoms with Crippen molar-refractivity contribution in [3.8, 4) is 11.5 Å². The maximum Gasteiger partial charge on any atom is 0.196 e. The fourth-order valence-corrected chi connectivity index (χ4v) is 2.88. The van der Waals surface area contributed by atoms with Crippen LogP contribution in [0.4, 0.5) is 0 Å². The minimum absolute atomic E-state index is 0. The number of carbonyl (C=O) groups is 1. The highest BCUT2D eigenvalue weighted by molar-refractivity contribution is 6.11. The zero-order valence-corrected chi connectivity index (χ0v) is 16.0. The Morgan fingerprint density at radius 1 is 0.960 bits per heavy atom. The molecule has 0 aliphatic carbocycles. The Labute approximate surface area is 156 Å². The Kier molecular flexibility index (Phi) is 8.46. The molecule has 0 heterocycles. The normalized spacial score (nSPS) is 10.3. The van der Waals surface area contributed by atoms with Gasteiger partial charge < -0.3 is 26.8 Å². The van der Waals surface area contributed by atoms with Crippen LogP contribution in [0.5, 0.6) is 11.5 Å². The molecular formula is C20H26ClNO3. The number of ketones is 1. The first kappa shape index (κ1) is 21.0. The molecule has 0 amide bonds. The van der Waals surface area contributed by atoms with Crippen molar-refractivity contribution < 1.29 is 31.6 Å². The quantitative estimate of drug-likeness (QED) is 0.634. The zero-order valence-electron chi connectivity index (χ0n) is 15.3. The fourth-order valence-electron chi connectivity index (χ4n) is 2.88. The van der Waals surface area contributed by atoms with Gasteiger partial charge in [-0.2, -0.15) is 0 Å². The number of quaternary nitrogens is 1. The summed E-state index contributed by atoms with van der Waals surface area (Å²) in [6, 6.07) is 12.9. The lowest BCUT2D eigenvalue weighted by Crippen LogP contribution is -3.10. The van der Waals surface area contributed by atoms with Crippen LogP contribution in [0.2, 0.25) is 0 Å². The van der Waals surface area contributed by atoms with Crippen molar-refractivity contribution in [2.24, 2.45) is 0 Å². The summed E-state index contributed by atoms with van der Waals surface area (Å²) in [5, 5.41) is 0. The summed E-state index contributed by atoms with van der Waals surface area (Å²) in [5.74, 6) is 1.34. The highest BCUT2D eigenvalue weighted by Gasteiger charge is 2.23. The van der Waals surface area contributed by atoms with Crippen molar-refractivity contribution in [2.45, 2.75) is 20.4 Å². The van der Waals surface area contributed by atoms with Crippen LogP contribution in [-0.2, 0) is 6.54 Å². The third-order valence-corrected chi connectivity index (χ3v) is 4.35. The smallest absolute Gasteiger partial charge is 0.196 e. The third-order valence-electron chi connectivity index (χ3n) is 4.35. The van der Waals surface area contributed by atoms with Crippen LogP contribution in [0.15, 0.2) is 42.5 Å². The first-order chi connectivity index (χ1) is 11.7. The van der Waals surface area contributed by atoms with E-state index < -0.39 is 0 Å². The van der Waals surface area contributed by atoms with Crippen LogP contribution in [-0.4, -0.2) is 33.1 Å². The van der Waals surface area contributed by atoms with Crippen LogP contribution >= 0.6 is 0 Å². The Balaban J connectivity index is 0.00000312. The predicted molar refractivity (Wildman–Crippen MR) is 95.2 cm³/mol. The number of rotatable bonds is 8. The van der Waals surface area contributed by atoms with E-state index in [0.29, 0.717) is 16.9 Å². The Hall–Kier alpha value is -2.04. The molecule has 25 heavy (non-hydrogen) atoms. The molecule has 0 saturated carbocycles. The van der Waals surface area contributed by atoms with Crippen molar-refractivity contribution >= 4 is 5.78 Å². The maximum absolute atomic E-state index is 12.9. The second kappa shape index (κ2) is 10.1. The third kappa shape index (κ3) is 4.74. The first-order valence-corrected chi connectivity index (χ1v) is 8.33. The lowest BCUT2D eigenvalue weighted by atomic mass is 9.98. The number of hydrogen-bond acceptors (Lipinski definition) is 3. The van der Waals surface area contributed by atoms with E-state index in [2.05, 4.69) is 13.8 Å². The topological polar surface area (TPSA) is 40.0 Å². The number of methoxy groups -OCH3 is 2. The van der Waals surface area contributed by atoms with Gasteiger partial charge in [-0.15, -0.1) is 0 Å². The Bertz CT molecular complexity index is 685. The van der Waals surface area contributed by atoms with Crippen molar-refractivity contribution in [3.63, 3.8) is 0 Å². The molecule has 0 bridgehead atoms. The minimum Gasteiger partial charge on any atom is -1.00 e. The Morgan fingerprint density at radius 3 is 2.12 bits per heavy atom. The number of hydrogen-bond donors (Lipinski definition) is 1. The van der Waals surface area contributed by atoms with Crippen molar-refractivity contribution in [3.05, 3.63) is 59.2 Å². The number of benzene rings is 2. The van der Waals surface area contributed by atoms with Crippen molar-refractivity contribution in [1.82, 2.24) is 0 Å². The lowest BCUT2D eigenvalue weighted by molar-refractivity contribution is -0.910. The fraction of sp³-hybridized carbons (Fsp3) is 0.350. The molecule has 136 valence electrons. The second-order valence-electron chi connectivity index (χ2n) is 5.66. The highest BCUT2D eigenvalue weighted by atomic mass is 35.5. The molecule has 0 fully saturated rings. The van der Waals surface area contributed by atoms with E-state index in [9.17, 15) is 4.79 Å². The van der Waals surface area contributed by atoms with Gasteiger partial charge in [0.25, 0.3) is 0 Å². The number of halogens is 1. The average molecular weight is 364 g/mol. The summed E-state index contributed by atoms with van der Waals surface area (Å²) < 4.78 is 11.2. The van der Waals surface area contributed by atoms with Crippen LogP contribution < -0.4 is 26.8 Å². The SMILES string of the molecule is CC[NH+](CC)Cc1c(OC)ccc(C(=O)c2ccccc2)c1OC.[Cl-]. The van der Waals surface area contributed by atoms with Crippen LogP contribution in [0.3, 0.4) is 0 Å². The summed E-state index contributed by atoms with van der Waals surface area (Å²) in [6.07, 6.45) is 0. The summed E-state index contributed by atoms with van der Waals surface area (Å²) in [4.78, 5) is 14.3. The van der Waals surface area contributed by atoms with Gasteiger partial charge in [0, 0.05) is 5.56 Å². The lowest BCUT2D eigenvalue weighted by Gasteiger charge is -2.20. The molecule has 4 nitrogen and oxygen atoms in total. The van der Waals surface area contributed by atoms with Gasteiger partial charge in [-0.3, -0.25) is 4.79 Å². The number of ether oxygens (including phenoxy) is 2. The minimum atomic E-state index is -0.0362. The van der Waals surface area contributed by atoms with E-state index in [-0.39, 0.29) is 18.2 Å². The number of nitrogens with one attached hydrogen (secondary N) is 1. The molecule has 2 aromatic carbocycles. The Morgan fingerprint density at radius 2 is 1.60 bits per heavy atom. The molecule has 0 aliphatic rings. The maximum atomic E-state index is 12.9. The van der Waals surface area contributed by atoms with E-state index >= 15 is 0 Å². The second-order valence-corrected chi connectivity index (χ2v) is 5.66. The molecule has 2 aromatic rings. The van der Waals surface area contributed by atoms with Gasteiger partial charge in [0.2, 0.25) is 0 Å². The standard InChI is InChI=1S/C20H25NO3.ClH/c1-5-21(6-2)14-17-18(23-3)13-12-16(20(17)24-4)19(22)15-10-8-7-9-11-15;/h7-13H,5-6,14H2,1-4H3;1H. The van der Waals surface area contributed by atoms with Gasteiger partial charge in [0.1, 0.15) is 18.0 Å². The van der Waals surface area contributed by atoms with Crippen molar-refractivity contribution in [2.75, 3.05) is 27.3 Å². The monoisotopic (exact) mass is 363 g/mol. The van der Waals surface area contributed by atoms with E-state index in [1.807, 2.05) is 36.4 Å². The van der Waals surface area contributed by atoms with Gasteiger partial charge in [0.15, 0.2) is 5.78 Å². The van der Waals surface area contributed by atoms with Gasteiger partial charge in [0.05, 0.1) is 38.4 Å². The van der Waals surface area contributed by atoms with Crippen LogP contribution in [0, 0.1) is 0 Å². The molecule has 1 N–H and O–H groups in total. The molecule has 2 rings (SSSR count). The molecule has 0 unspecified atom stereocenters. The summed E-state index contributed by atoms with van der Waals surface area (Å²) >= 11 is 0. The number of carbonyl (C=O) groups excluding carboxylic acids is 1. The molecule has 0 aliphatic heterocycles. The predicted octanol–water partition coefficient (Wildman–Crippen LogP) is -0.636. The van der Waals surface area contributed by atoms with E-state index in [4.69, 9.17) is 9.47 Å². The molecule has 0 aromatic heterocycles. The molecule has 0 radical (unpaired) electrons. The van der Waals surface area contributed by atoms with Crippen LogP contribution in [0.25, 0.3) is 0 Å². The molecule has 0 atom stereocenters. The van der Waals surface area contributed by atoms with Crippen LogP contribution in [0.1, 0.15) is 35.3 Å². The van der Waals surface area contributed by atoms with E-state index in [0.717, 1.165) is 30.9 Å². The molecule has 0 saturated heterocycles. The van der Waals surface area contributed by atoms with E-state index in [1.54, 1.807) is 20.3 Å². The van der Waals surface area contributed by atoms with E-state index in [1.165, 1.54) is 4.90 Å². The molecule has 0 spiro atoms. The molecule has 5 heteroatoms. The van der Waals surface area contributed by atoms with Gasteiger partial charge in [-0.1, -0.05) is 30.3 Å². The summed E-state index contributed by atoms with van der Waals surface area (Å²) in [6.45, 7) is 7.06. The summed E-state index contributed by atoms with van der Waals surface area (Å²) in [5.41, 5.74) is 2.17. The summed E-state index contributed by atoms with van der Waals surface area (Å²) in [7, 11) is 3.26. The van der Waals surface area contributed by atoms with Gasteiger partial charge in [-0.25, -0.2) is 0 Å². The highest BCUT2D eigenvalue weighted by Crippen LogP contribution is 2.33. The van der Waals surface area contributed by atoms with Gasteiger partial charge >= 0.3 is 0 Å². The molecular weight excluding hydrogens is 338 g/mol. The average Bonchev–Trinajstić information content (AvgIpc) is 2.65. The van der Waals surface area contributed by atoms with Crippen molar-refractivity contribution in [1.29, 1.82) is 0 Å².